The van der Waals surface area contributed by atoms with Crippen LogP contribution >= 0.6 is 0 Å². The van der Waals surface area contributed by atoms with Gasteiger partial charge in [-0.2, -0.15) is 0 Å². The summed E-state index contributed by atoms with van der Waals surface area (Å²) in [5.74, 6) is -0.784. The maximum Gasteiger partial charge on any atom is 0.254 e. The molecule has 1 atom stereocenters. The van der Waals surface area contributed by atoms with Gasteiger partial charge in [0.05, 0.1) is 13.2 Å². The van der Waals surface area contributed by atoms with Crippen molar-refractivity contribution in [3.8, 4) is 11.1 Å². The van der Waals surface area contributed by atoms with E-state index in [-0.39, 0.29) is 43.8 Å². The van der Waals surface area contributed by atoms with Gasteiger partial charge < -0.3 is 19.7 Å². The van der Waals surface area contributed by atoms with Crippen molar-refractivity contribution < 1.29 is 23.5 Å². The van der Waals surface area contributed by atoms with Gasteiger partial charge in [0.1, 0.15) is 12.4 Å². The van der Waals surface area contributed by atoms with E-state index >= 15 is 0 Å². The first-order chi connectivity index (χ1) is 14.0. The Kier molecular flexibility index (Phi) is 6.61. The molecule has 2 aromatic rings. The molecule has 0 aliphatic carbocycles. The molecule has 0 bridgehead atoms. The largest absolute Gasteiger partial charge is 0.375 e. The molecule has 2 amide bonds. The SMILES string of the molecule is CNC(=O)[C@]1(Cc2ccccc2-c2ccc(F)cc2)CN(C(=O)COC)CCO1. The van der Waals surface area contributed by atoms with Crippen molar-refractivity contribution >= 4 is 11.8 Å². The Morgan fingerprint density at radius 3 is 2.62 bits per heavy atom. The highest BCUT2D eigenvalue weighted by Crippen LogP contribution is 2.30. The van der Waals surface area contributed by atoms with E-state index in [9.17, 15) is 14.0 Å². The van der Waals surface area contributed by atoms with Crippen LogP contribution in [-0.2, 0) is 25.5 Å². The Bertz CT molecular complexity index is 871. The molecule has 29 heavy (non-hydrogen) atoms. The highest BCUT2D eigenvalue weighted by Gasteiger charge is 2.45. The minimum atomic E-state index is -1.22. The number of ether oxygens (including phenoxy) is 2. The maximum absolute atomic E-state index is 13.3. The monoisotopic (exact) mass is 400 g/mol. The molecule has 1 heterocycles. The van der Waals surface area contributed by atoms with Crippen LogP contribution in [0.25, 0.3) is 11.1 Å². The Morgan fingerprint density at radius 2 is 1.93 bits per heavy atom. The van der Waals surface area contributed by atoms with Crippen molar-refractivity contribution in [2.24, 2.45) is 0 Å². The Labute approximate surface area is 169 Å². The minimum absolute atomic E-state index is 0.0456. The third-order valence-corrected chi connectivity index (χ3v) is 5.10. The van der Waals surface area contributed by atoms with Gasteiger partial charge in [-0.05, 0) is 28.8 Å². The van der Waals surface area contributed by atoms with Gasteiger partial charge >= 0.3 is 0 Å². The first-order valence-corrected chi connectivity index (χ1v) is 9.46. The Morgan fingerprint density at radius 1 is 1.21 bits per heavy atom. The number of halogens is 1. The predicted molar refractivity (Wildman–Crippen MR) is 107 cm³/mol. The summed E-state index contributed by atoms with van der Waals surface area (Å²) >= 11 is 0. The van der Waals surface area contributed by atoms with Crippen molar-refractivity contribution in [2.75, 3.05) is 40.5 Å². The number of amides is 2. The van der Waals surface area contributed by atoms with E-state index in [1.54, 1.807) is 24.1 Å². The van der Waals surface area contributed by atoms with Crippen LogP contribution in [0.2, 0.25) is 0 Å². The molecule has 1 aliphatic heterocycles. The lowest BCUT2D eigenvalue weighted by Gasteiger charge is -2.41. The first-order valence-electron chi connectivity index (χ1n) is 9.46. The zero-order valence-corrected chi connectivity index (χ0v) is 16.6. The minimum Gasteiger partial charge on any atom is -0.375 e. The summed E-state index contributed by atoms with van der Waals surface area (Å²) in [4.78, 5) is 26.8. The Hall–Kier alpha value is -2.77. The van der Waals surface area contributed by atoms with Crippen LogP contribution in [0, 0.1) is 5.82 Å². The molecule has 0 spiro atoms. The molecule has 1 saturated heterocycles. The highest BCUT2D eigenvalue weighted by atomic mass is 19.1. The van der Waals surface area contributed by atoms with Crippen LogP contribution in [0.1, 0.15) is 5.56 Å². The molecule has 0 aromatic heterocycles. The van der Waals surface area contributed by atoms with Gasteiger partial charge in [-0.25, -0.2) is 4.39 Å². The quantitative estimate of drug-likeness (QED) is 0.806. The van der Waals surface area contributed by atoms with E-state index in [4.69, 9.17) is 9.47 Å². The molecule has 3 rings (SSSR count). The number of likely N-dealkylation sites (N-methyl/N-ethyl adjacent to an activating group) is 1. The second-order valence-electron chi connectivity index (χ2n) is 7.01. The van der Waals surface area contributed by atoms with Crippen molar-refractivity contribution in [2.45, 2.75) is 12.0 Å². The number of hydrogen-bond acceptors (Lipinski definition) is 4. The summed E-state index contributed by atoms with van der Waals surface area (Å²) in [6.45, 7) is 0.741. The van der Waals surface area contributed by atoms with Crippen LogP contribution in [0.4, 0.5) is 4.39 Å². The molecule has 1 fully saturated rings. The smallest absolute Gasteiger partial charge is 0.254 e. The number of nitrogens with one attached hydrogen (secondary N) is 1. The average Bonchev–Trinajstić information content (AvgIpc) is 2.74. The molecule has 1 aliphatic rings. The zero-order chi connectivity index (χ0) is 20.9. The van der Waals surface area contributed by atoms with Gasteiger partial charge in [0, 0.05) is 27.1 Å². The normalized spacial score (nSPS) is 19.1. The van der Waals surface area contributed by atoms with Gasteiger partial charge in [-0.15, -0.1) is 0 Å². The first kappa shape index (κ1) is 21.0. The third-order valence-electron chi connectivity index (χ3n) is 5.10. The van der Waals surface area contributed by atoms with Crippen LogP contribution in [0.3, 0.4) is 0 Å². The molecule has 6 nitrogen and oxygen atoms in total. The molecule has 2 aromatic carbocycles. The second-order valence-corrected chi connectivity index (χ2v) is 7.01. The van der Waals surface area contributed by atoms with Gasteiger partial charge in [0.25, 0.3) is 5.91 Å². The number of carbonyl (C=O) groups excluding carboxylic acids is 2. The molecule has 154 valence electrons. The van der Waals surface area contributed by atoms with Gasteiger partial charge in [0.15, 0.2) is 5.60 Å². The summed E-state index contributed by atoms with van der Waals surface area (Å²) in [5.41, 5.74) is 1.40. The fraction of sp³-hybridized carbons (Fsp3) is 0.364. The summed E-state index contributed by atoms with van der Waals surface area (Å²) in [6, 6.07) is 13.8. The van der Waals surface area contributed by atoms with E-state index in [1.807, 2.05) is 24.3 Å². The number of morpholine rings is 1. The topological polar surface area (TPSA) is 67.9 Å². The van der Waals surface area contributed by atoms with Crippen molar-refractivity contribution in [3.05, 3.63) is 59.9 Å². The lowest BCUT2D eigenvalue weighted by atomic mass is 9.87. The van der Waals surface area contributed by atoms with Gasteiger partial charge in [-0.1, -0.05) is 36.4 Å². The molecular formula is C22H25FN2O4. The fourth-order valence-electron chi connectivity index (χ4n) is 3.66. The summed E-state index contributed by atoms with van der Waals surface area (Å²) in [7, 11) is 3.01. The van der Waals surface area contributed by atoms with E-state index in [0.717, 1.165) is 16.7 Å². The summed E-state index contributed by atoms with van der Waals surface area (Å²) in [5, 5.41) is 2.67. The number of benzene rings is 2. The zero-order valence-electron chi connectivity index (χ0n) is 16.6. The molecule has 7 heteroatoms. The van der Waals surface area contributed by atoms with Crippen molar-refractivity contribution in [3.63, 3.8) is 0 Å². The molecule has 0 unspecified atom stereocenters. The predicted octanol–water partition coefficient (Wildman–Crippen LogP) is 2.03. The van der Waals surface area contributed by atoms with E-state index in [1.165, 1.54) is 19.2 Å². The van der Waals surface area contributed by atoms with E-state index in [2.05, 4.69) is 5.32 Å². The average molecular weight is 400 g/mol. The van der Waals surface area contributed by atoms with Crippen LogP contribution in [0.5, 0.6) is 0 Å². The highest BCUT2D eigenvalue weighted by molar-refractivity contribution is 5.87. The summed E-state index contributed by atoms with van der Waals surface area (Å²) < 4.78 is 24.3. The van der Waals surface area contributed by atoms with Crippen LogP contribution in [-0.4, -0.2) is 62.8 Å². The van der Waals surface area contributed by atoms with Gasteiger partial charge in [-0.3, -0.25) is 9.59 Å². The lowest BCUT2D eigenvalue weighted by Crippen LogP contribution is -2.62. The standard InChI is InChI=1S/C22H25FN2O4/c1-24-21(27)22(15-25(11-12-29-22)20(26)14-28-2)13-17-5-3-4-6-19(17)16-7-9-18(23)10-8-16/h3-10H,11-15H2,1-2H3,(H,24,27)/t22-/m0/s1. The molecule has 0 radical (unpaired) electrons. The third kappa shape index (κ3) is 4.63. The fourth-order valence-corrected chi connectivity index (χ4v) is 3.66. The van der Waals surface area contributed by atoms with Crippen molar-refractivity contribution in [1.29, 1.82) is 0 Å². The summed E-state index contributed by atoms with van der Waals surface area (Å²) in [6.07, 6.45) is 0.275. The number of nitrogens with zero attached hydrogens (tertiary/aromatic N) is 1. The van der Waals surface area contributed by atoms with E-state index in [0.29, 0.717) is 6.54 Å². The number of hydrogen-bond donors (Lipinski definition) is 1. The molecule has 0 saturated carbocycles. The van der Waals surface area contributed by atoms with Crippen molar-refractivity contribution in [1.82, 2.24) is 10.2 Å². The molecule has 1 N–H and O–H groups in total. The number of methoxy groups -OCH3 is 1. The van der Waals surface area contributed by atoms with Crippen LogP contribution in [0.15, 0.2) is 48.5 Å². The molecular weight excluding hydrogens is 375 g/mol. The number of carbonyl (C=O) groups is 2. The van der Waals surface area contributed by atoms with E-state index < -0.39 is 5.60 Å². The second kappa shape index (κ2) is 9.15. The van der Waals surface area contributed by atoms with Gasteiger partial charge in [0.2, 0.25) is 5.91 Å². The van der Waals surface area contributed by atoms with Crippen LogP contribution < -0.4 is 5.32 Å². The number of rotatable bonds is 6. The Balaban J connectivity index is 1.95. The maximum atomic E-state index is 13.3. The lowest BCUT2D eigenvalue weighted by molar-refractivity contribution is -0.167.